The van der Waals surface area contributed by atoms with Crippen molar-refractivity contribution in [3.8, 4) is 0 Å². The van der Waals surface area contributed by atoms with Crippen molar-refractivity contribution in [3.05, 3.63) is 0 Å². The summed E-state index contributed by atoms with van der Waals surface area (Å²) in [6, 6.07) is 0. The zero-order valence-corrected chi connectivity index (χ0v) is 9.26. The molecular weight excluding hydrogens is 164 g/mol. The van der Waals surface area contributed by atoms with Crippen LogP contribution < -0.4 is 0 Å². The molecule has 0 spiro atoms. The van der Waals surface area contributed by atoms with Crippen LogP contribution in [-0.2, 0) is 4.74 Å². The van der Waals surface area contributed by atoms with Gasteiger partial charge in [0.1, 0.15) is 0 Å². The van der Waals surface area contributed by atoms with Crippen LogP contribution in [-0.4, -0.2) is 22.9 Å². The maximum absolute atomic E-state index is 8.75. The van der Waals surface area contributed by atoms with Gasteiger partial charge in [0.25, 0.3) is 0 Å². The third kappa shape index (κ3) is 2.44. The quantitative estimate of drug-likeness (QED) is 0.668. The summed E-state index contributed by atoms with van der Waals surface area (Å²) >= 11 is 0. The summed E-state index contributed by atoms with van der Waals surface area (Å²) in [6.45, 7) is 8.96. The first-order valence-electron chi connectivity index (χ1n) is 5.22. The molecule has 0 aromatic heterocycles. The van der Waals surface area contributed by atoms with Gasteiger partial charge in [0.05, 0.1) is 11.2 Å². The Morgan fingerprint density at radius 2 is 1.77 bits per heavy atom. The van der Waals surface area contributed by atoms with Crippen molar-refractivity contribution in [3.63, 3.8) is 0 Å². The molecule has 0 amide bonds. The van der Waals surface area contributed by atoms with E-state index in [2.05, 4.69) is 27.7 Å². The molecule has 0 aromatic rings. The molecule has 0 radical (unpaired) electrons. The summed E-state index contributed by atoms with van der Waals surface area (Å²) in [6.07, 6.45) is 3.18. The SMILES string of the molecule is CC(CCO)CCC1(C)OC1(C)C. The van der Waals surface area contributed by atoms with E-state index in [0.717, 1.165) is 19.3 Å². The molecule has 0 aliphatic carbocycles. The number of epoxide rings is 1. The van der Waals surface area contributed by atoms with E-state index in [1.165, 1.54) is 0 Å². The van der Waals surface area contributed by atoms with Gasteiger partial charge >= 0.3 is 0 Å². The molecule has 2 atom stereocenters. The summed E-state index contributed by atoms with van der Waals surface area (Å²) in [5, 5.41) is 8.75. The highest BCUT2D eigenvalue weighted by Crippen LogP contribution is 2.50. The normalized spacial score (nSPS) is 33.0. The highest BCUT2D eigenvalue weighted by Gasteiger charge is 2.59. The van der Waals surface area contributed by atoms with Crippen LogP contribution in [0.25, 0.3) is 0 Å². The lowest BCUT2D eigenvalue weighted by Gasteiger charge is -2.13. The fraction of sp³-hybridized carbons (Fsp3) is 1.00. The molecule has 78 valence electrons. The Morgan fingerprint density at radius 1 is 1.23 bits per heavy atom. The van der Waals surface area contributed by atoms with E-state index in [9.17, 15) is 0 Å². The van der Waals surface area contributed by atoms with Crippen molar-refractivity contribution in [1.82, 2.24) is 0 Å². The Morgan fingerprint density at radius 3 is 2.15 bits per heavy atom. The van der Waals surface area contributed by atoms with Crippen LogP contribution in [0.5, 0.6) is 0 Å². The monoisotopic (exact) mass is 186 g/mol. The smallest absolute Gasteiger partial charge is 0.0946 e. The van der Waals surface area contributed by atoms with Gasteiger partial charge in [-0.3, -0.25) is 0 Å². The van der Waals surface area contributed by atoms with Crippen LogP contribution in [0.15, 0.2) is 0 Å². The molecule has 1 fully saturated rings. The Hall–Kier alpha value is -0.0800. The van der Waals surface area contributed by atoms with E-state index in [4.69, 9.17) is 9.84 Å². The number of hydrogen-bond donors (Lipinski definition) is 1. The number of rotatable bonds is 5. The summed E-state index contributed by atoms with van der Waals surface area (Å²) < 4.78 is 5.66. The van der Waals surface area contributed by atoms with E-state index in [-0.39, 0.29) is 11.2 Å². The van der Waals surface area contributed by atoms with Crippen molar-refractivity contribution in [2.75, 3.05) is 6.61 Å². The van der Waals surface area contributed by atoms with Crippen LogP contribution in [0.1, 0.15) is 47.0 Å². The first-order chi connectivity index (χ1) is 5.91. The van der Waals surface area contributed by atoms with Gasteiger partial charge in [0.2, 0.25) is 0 Å². The molecule has 1 saturated heterocycles. The summed E-state index contributed by atoms with van der Waals surface area (Å²) in [5.41, 5.74) is 0.169. The standard InChI is InChI=1S/C11H22O2/c1-9(6-8-12)5-7-11(4)10(2,3)13-11/h9,12H,5-8H2,1-4H3. The van der Waals surface area contributed by atoms with Crippen molar-refractivity contribution in [2.45, 2.75) is 58.2 Å². The fourth-order valence-electron chi connectivity index (χ4n) is 1.78. The molecule has 0 aromatic carbocycles. The average Bonchev–Trinajstić information content (AvgIpc) is 2.49. The van der Waals surface area contributed by atoms with Gasteiger partial charge in [-0.25, -0.2) is 0 Å². The fourth-order valence-corrected chi connectivity index (χ4v) is 1.78. The van der Waals surface area contributed by atoms with Crippen molar-refractivity contribution in [1.29, 1.82) is 0 Å². The van der Waals surface area contributed by atoms with Gasteiger partial charge in [-0.2, -0.15) is 0 Å². The first kappa shape index (κ1) is 11.0. The highest BCUT2D eigenvalue weighted by molar-refractivity contribution is 5.07. The Bertz CT molecular complexity index is 177. The van der Waals surface area contributed by atoms with E-state index >= 15 is 0 Å². The third-order valence-electron chi connectivity index (χ3n) is 3.45. The second kappa shape index (κ2) is 3.58. The molecule has 1 aliphatic rings. The Balaban J connectivity index is 2.21. The molecule has 2 heteroatoms. The van der Waals surface area contributed by atoms with E-state index in [0.29, 0.717) is 12.5 Å². The summed E-state index contributed by atoms with van der Waals surface area (Å²) in [7, 11) is 0. The van der Waals surface area contributed by atoms with Crippen molar-refractivity contribution in [2.24, 2.45) is 5.92 Å². The van der Waals surface area contributed by atoms with E-state index in [1.54, 1.807) is 0 Å². The zero-order valence-electron chi connectivity index (χ0n) is 9.26. The lowest BCUT2D eigenvalue weighted by molar-refractivity contribution is 0.238. The number of aliphatic hydroxyl groups is 1. The first-order valence-corrected chi connectivity index (χ1v) is 5.22. The summed E-state index contributed by atoms with van der Waals surface area (Å²) in [4.78, 5) is 0. The van der Waals surface area contributed by atoms with Gasteiger partial charge in [-0.1, -0.05) is 6.92 Å². The Labute approximate surface area is 81.3 Å². The summed E-state index contributed by atoms with van der Waals surface area (Å²) in [5.74, 6) is 0.613. The average molecular weight is 186 g/mol. The van der Waals surface area contributed by atoms with E-state index in [1.807, 2.05) is 0 Å². The molecule has 0 saturated carbocycles. The van der Waals surface area contributed by atoms with Crippen LogP contribution in [0.2, 0.25) is 0 Å². The minimum Gasteiger partial charge on any atom is -0.396 e. The molecule has 1 heterocycles. The maximum Gasteiger partial charge on any atom is 0.0946 e. The zero-order chi connectivity index (χ0) is 10.1. The second-order valence-corrected chi connectivity index (χ2v) is 5.00. The number of hydrogen-bond acceptors (Lipinski definition) is 2. The Kier molecular flexibility index (Phi) is 3.03. The molecule has 2 unspecified atom stereocenters. The maximum atomic E-state index is 8.75. The van der Waals surface area contributed by atoms with Crippen LogP contribution in [0, 0.1) is 5.92 Å². The topological polar surface area (TPSA) is 32.8 Å². The minimum absolute atomic E-state index is 0.0753. The van der Waals surface area contributed by atoms with Crippen molar-refractivity contribution >= 4 is 0 Å². The largest absolute Gasteiger partial charge is 0.396 e. The van der Waals surface area contributed by atoms with Crippen molar-refractivity contribution < 1.29 is 9.84 Å². The lowest BCUT2D eigenvalue weighted by atomic mass is 9.89. The molecular formula is C11H22O2. The molecule has 13 heavy (non-hydrogen) atoms. The van der Waals surface area contributed by atoms with Gasteiger partial charge in [0.15, 0.2) is 0 Å². The van der Waals surface area contributed by atoms with Crippen LogP contribution in [0.4, 0.5) is 0 Å². The van der Waals surface area contributed by atoms with Gasteiger partial charge in [0, 0.05) is 6.61 Å². The number of aliphatic hydroxyl groups excluding tert-OH is 1. The molecule has 1 N–H and O–H groups in total. The van der Waals surface area contributed by atoms with Gasteiger partial charge in [-0.05, 0) is 46.0 Å². The van der Waals surface area contributed by atoms with E-state index < -0.39 is 0 Å². The predicted octanol–water partition coefficient (Wildman–Crippen LogP) is 2.35. The minimum atomic E-state index is 0.0753. The molecule has 0 bridgehead atoms. The molecule has 2 nitrogen and oxygen atoms in total. The lowest BCUT2D eigenvalue weighted by Crippen LogP contribution is -2.17. The highest BCUT2D eigenvalue weighted by atomic mass is 16.6. The third-order valence-corrected chi connectivity index (χ3v) is 3.45. The number of ether oxygens (including phenoxy) is 1. The van der Waals surface area contributed by atoms with Gasteiger partial charge < -0.3 is 9.84 Å². The van der Waals surface area contributed by atoms with Crippen LogP contribution >= 0.6 is 0 Å². The van der Waals surface area contributed by atoms with Crippen LogP contribution in [0.3, 0.4) is 0 Å². The second-order valence-electron chi connectivity index (χ2n) is 5.00. The predicted molar refractivity (Wildman–Crippen MR) is 53.7 cm³/mol. The molecule has 1 aliphatic heterocycles. The van der Waals surface area contributed by atoms with Gasteiger partial charge in [-0.15, -0.1) is 0 Å². The molecule has 1 rings (SSSR count).